The summed E-state index contributed by atoms with van der Waals surface area (Å²) in [5, 5.41) is 7.93. The van der Waals surface area contributed by atoms with Crippen molar-refractivity contribution in [3.05, 3.63) is 58.1 Å². The van der Waals surface area contributed by atoms with Gasteiger partial charge in [0.2, 0.25) is 10.0 Å². The van der Waals surface area contributed by atoms with Crippen molar-refractivity contribution >= 4 is 27.6 Å². The second-order valence-electron chi connectivity index (χ2n) is 6.84. The average molecular weight is 404 g/mol. The zero-order valence-electron chi connectivity index (χ0n) is 16.5. The van der Waals surface area contributed by atoms with Gasteiger partial charge in [-0.25, -0.2) is 18.4 Å². The zero-order chi connectivity index (χ0) is 21.2. The Kier molecular flexibility index (Phi) is 6.26. The Bertz CT molecular complexity index is 1020. The molecule has 3 N–H and O–H groups in total. The van der Waals surface area contributed by atoms with Crippen molar-refractivity contribution in [2.45, 2.75) is 45.6 Å². The van der Waals surface area contributed by atoms with Crippen LogP contribution in [0.5, 0.6) is 0 Å². The number of carbonyl (C=O) groups is 2. The molecule has 0 heterocycles. The quantitative estimate of drug-likeness (QED) is 0.744. The smallest absolute Gasteiger partial charge is 0.338 e. The van der Waals surface area contributed by atoms with Crippen molar-refractivity contribution in [2.75, 3.05) is 5.32 Å². The predicted molar refractivity (Wildman–Crippen MR) is 107 cm³/mol. The minimum absolute atomic E-state index is 0.00280. The summed E-state index contributed by atoms with van der Waals surface area (Å²) in [6.07, 6.45) is -1.08. The molecule has 0 aliphatic carbocycles. The maximum absolute atomic E-state index is 12.4. The number of carbonyl (C=O) groups excluding carboxylic acids is 2. The summed E-state index contributed by atoms with van der Waals surface area (Å²) < 4.78 is 28.4. The number of nitrogens with two attached hydrogens (primary N) is 1. The molecule has 0 bridgehead atoms. The molecule has 0 aromatic heterocycles. The summed E-state index contributed by atoms with van der Waals surface area (Å²) in [6, 6.07) is 7.91. The molecule has 2 aromatic carbocycles. The molecule has 1 unspecified atom stereocenters. The lowest BCUT2D eigenvalue weighted by Gasteiger charge is -2.17. The van der Waals surface area contributed by atoms with E-state index in [2.05, 4.69) is 5.32 Å². The Morgan fingerprint density at radius 3 is 2.11 bits per heavy atom. The van der Waals surface area contributed by atoms with Crippen LogP contribution in [0.15, 0.2) is 35.2 Å². The Morgan fingerprint density at radius 1 is 1.00 bits per heavy atom. The summed E-state index contributed by atoms with van der Waals surface area (Å²) >= 11 is 0. The summed E-state index contributed by atoms with van der Waals surface area (Å²) in [6.45, 7) is 8.74. The van der Waals surface area contributed by atoms with Crippen LogP contribution in [0, 0.1) is 27.7 Å². The van der Waals surface area contributed by atoms with Gasteiger partial charge in [0.05, 0.1) is 10.5 Å². The Hall–Kier alpha value is -2.71. The van der Waals surface area contributed by atoms with Crippen molar-refractivity contribution in [1.82, 2.24) is 0 Å². The van der Waals surface area contributed by atoms with Crippen molar-refractivity contribution in [2.24, 2.45) is 5.14 Å². The van der Waals surface area contributed by atoms with E-state index in [4.69, 9.17) is 9.88 Å². The van der Waals surface area contributed by atoms with Crippen LogP contribution in [0.3, 0.4) is 0 Å². The van der Waals surface area contributed by atoms with E-state index >= 15 is 0 Å². The first kappa shape index (κ1) is 21.6. The van der Waals surface area contributed by atoms with E-state index < -0.39 is 28.0 Å². The summed E-state index contributed by atoms with van der Waals surface area (Å²) in [7, 11) is -3.98. The molecular weight excluding hydrogens is 380 g/mol. The molecule has 1 amide bonds. The van der Waals surface area contributed by atoms with Crippen LogP contribution in [-0.2, 0) is 19.6 Å². The van der Waals surface area contributed by atoms with E-state index in [1.165, 1.54) is 19.1 Å². The van der Waals surface area contributed by atoms with E-state index in [0.29, 0.717) is 11.3 Å². The Morgan fingerprint density at radius 2 is 1.57 bits per heavy atom. The van der Waals surface area contributed by atoms with E-state index in [-0.39, 0.29) is 10.5 Å². The number of sulfonamides is 1. The summed E-state index contributed by atoms with van der Waals surface area (Å²) in [5.41, 5.74) is 3.97. The first-order valence-corrected chi connectivity index (χ1v) is 10.2. The van der Waals surface area contributed by atoms with Gasteiger partial charge in [0.15, 0.2) is 6.10 Å². The number of hydrogen-bond acceptors (Lipinski definition) is 5. The van der Waals surface area contributed by atoms with Crippen molar-refractivity contribution in [3.8, 4) is 0 Å². The Balaban J connectivity index is 2.16. The average Bonchev–Trinajstić information content (AvgIpc) is 2.56. The number of anilines is 1. The number of amides is 1. The van der Waals surface area contributed by atoms with Gasteiger partial charge < -0.3 is 10.1 Å². The van der Waals surface area contributed by atoms with Gasteiger partial charge in [0.1, 0.15) is 0 Å². The third-order valence-electron chi connectivity index (χ3n) is 4.31. The molecule has 0 aliphatic heterocycles. The zero-order valence-corrected chi connectivity index (χ0v) is 17.3. The lowest BCUT2D eigenvalue weighted by molar-refractivity contribution is -0.123. The second-order valence-corrected chi connectivity index (χ2v) is 8.37. The minimum atomic E-state index is -3.98. The maximum atomic E-state index is 12.4. The van der Waals surface area contributed by atoms with E-state index in [9.17, 15) is 18.0 Å². The van der Waals surface area contributed by atoms with Crippen LogP contribution in [-0.4, -0.2) is 26.4 Å². The molecule has 0 saturated carbocycles. The standard InChI is InChI=1S/C20H24N2O5S/c1-11-8-13(3)18(14(4)9-11)22-19(23)15(5)27-20(24)16-7-6-12(2)17(10-16)28(21,25)26/h6-10,15H,1-5H3,(H,22,23)(H2,21,25,26). The minimum Gasteiger partial charge on any atom is -0.449 e. The highest BCUT2D eigenvalue weighted by molar-refractivity contribution is 7.89. The topological polar surface area (TPSA) is 116 Å². The van der Waals surface area contributed by atoms with E-state index in [0.717, 1.165) is 22.8 Å². The molecule has 2 aromatic rings. The van der Waals surface area contributed by atoms with Crippen LogP contribution in [0.4, 0.5) is 5.69 Å². The van der Waals surface area contributed by atoms with Gasteiger partial charge in [-0.1, -0.05) is 23.8 Å². The normalized spacial score (nSPS) is 12.4. The fourth-order valence-corrected chi connectivity index (χ4v) is 3.73. The number of rotatable bonds is 5. The maximum Gasteiger partial charge on any atom is 0.338 e. The van der Waals surface area contributed by atoms with Gasteiger partial charge in [0, 0.05) is 5.69 Å². The molecule has 0 aliphatic rings. The number of esters is 1. The highest BCUT2D eigenvalue weighted by Gasteiger charge is 2.22. The predicted octanol–water partition coefficient (Wildman–Crippen LogP) is 2.75. The van der Waals surface area contributed by atoms with Crippen LogP contribution >= 0.6 is 0 Å². The number of hydrogen-bond donors (Lipinski definition) is 2. The fourth-order valence-electron chi connectivity index (χ4n) is 2.92. The van der Waals surface area contributed by atoms with Gasteiger partial charge in [-0.3, -0.25) is 4.79 Å². The number of nitrogens with one attached hydrogen (secondary N) is 1. The molecule has 0 fully saturated rings. The van der Waals surface area contributed by atoms with E-state index in [1.807, 2.05) is 32.9 Å². The van der Waals surface area contributed by atoms with Crippen LogP contribution in [0.1, 0.15) is 39.5 Å². The molecule has 8 heteroatoms. The lowest BCUT2D eigenvalue weighted by Crippen LogP contribution is -2.30. The molecule has 0 radical (unpaired) electrons. The van der Waals surface area contributed by atoms with Crippen LogP contribution in [0.25, 0.3) is 0 Å². The van der Waals surface area contributed by atoms with Gasteiger partial charge in [-0.15, -0.1) is 0 Å². The van der Waals surface area contributed by atoms with Crippen molar-refractivity contribution in [1.29, 1.82) is 0 Å². The van der Waals surface area contributed by atoms with E-state index in [1.54, 1.807) is 6.92 Å². The first-order valence-electron chi connectivity index (χ1n) is 8.63. The van der Waals surface area contributed by atoms with Gasteiger partial charge in [-0.2, -0.15) is 0 Å². The third-order valence-corrected chi connectivity index (χ3v) is 5.36. The number of benzene rings is 2. The lowest BCUT2D eigenvalue weighted by atomic mass is 10.0. The molecule has 1 atom stereocenters. The molecule has 2 rings (SSSR count). The number of primary sulfonamides is 1. The molecular formula is C20H24N2O5S. The summed E-state index contributed by atoms with van der Waals surface area (Å²) in [5.74, 6) is -1.30. The van der Waals surface area contributed by atoms with Gasteiger partial charge in [-0.05, 0) is 63.4 Å². The fraction of sp³-hybridized carbons (Fsp3) is 0.300. The summed E-state index contributed by atoms with van der Waals surface area (Å²) in [4.78, 5) is 24.6. The van der Waals surface area contributed by atoms with Crippen molar-refractivity contribution in [3.63, 3.8) is 0 Å². The highest BCUT2D eigenvalue weighted by atomic mass is 32.2. The third kappa shape index (κ3) is 4.96. The molecule has 0 spiro atoms. The van der Waals surface area contributed by atoms with Gasteiger partial charge >= 0.3 is 5.97 Å². The Labute approximate surface area is 164 Å². The largest absolute Gasteiger partial charge is 0.449 e. The monoisotopic (exact) mass is 404 g/mol. The number of ether oxygens (including phenoxy) is 1. The molecule has 7 nitrogen and oxygen atoms in total. The van der Waals surface area contributed by atoms with Crippen LogP contribution in [0.2, 0.25) is 0 Å². The number of aryl methyl sites for hydroxylation is 4. The molecule has 28 heavy (non-hydrogen) atoms. The van der Waals surface area contributed by atoms with Crippen molar-refractivity contribution < 1.29 is 22.7 Å². The SMILES string of the molecule is Cc1cc(C)c(NC(=O)C(C)OC(=O)c2ccc(C)c(S(N)(=O)=O)c2)c(C)c1. The van der Waals surface area contributed by atoms with Gasteiger partial charge in [0.25, 0.3) is 5.91 Å². The molecule has 150 valence electrons. The first-order chi connectivity index (χ1) is 12.9. The molecule has 0 saturated heterocycles. The highest BCUT2D eigenvalue weighted by Crippen LogP contribution is 2.22. The van der Waals surface area contributed by atoms with Crippen LogP contribution < -0.4 is 10.5 Å². The second kappa shape index (κ2) is 8.12.